The number of hydrogen-bond donors (Lipinski definition) is 1. The fourth-order valence-corrected chi connectivity index (χ4v) is 4.14. The lowest BCUT2D eigenvalue weighted by atomic mass is 9.85. The molecule has 1 heterocycles. The van der Waals surface area contributed by atoms with Crippen molar-refractivity contribution in [1.29, 1.82) is 0 Å². The van der Waals surface area contributed by atoms with Gasteiger partial charge in [-0.2, -0.15) is 5.01 Å². The first-order valence-electron chi connectivity index (χ1n) is 8.20. The van der Waals surface area contributed by atoms with Crippen LogP contribution in [0.25, 0.3) is 0 Å². The predicted molar refractivity (Wildman–Crippen MR) is 89.4 cm³/mol. The van der Waals surface area contributed by atoms with Gasteiger partial charge in [-0.25, -0.2) is 0 Å². The van der Waals surface area contributed by atoms with Gasteiger partial charge >= 0.3 is 0 Å². The molecule has 2 fully saturated rings. The van der Waals surface area contributed by atoms with Crippen LogP contribution in [0.2, 0.25) is 5.02 Å². The van der Waals surface area contributed by atoms with Gasteiger partial charge in [-0.3, -0.25) is 19.8 Å². The highest BCUT2D eigenvalue weighted by atomic mass is 35.5. The third-order valence-corrected chi connectivity index (χ3v) is 5.63. The Morgan fingerprint density at radius 1 is 1.24 bits per heavy atom. The monoisotopic (exact) mass is 360 g/mol. The molecule has 1 saturated heterocycles. The molecule has 1 N–H and O–H groups in total. The van der Waals surface area contributed by atoms with Crippen molar-refractivity contribution in [3.05, 3.63) is 40.9 Å². The number of aryl methyl sites for hydroxylation is 1. The minimum atomic E-state index is -0.547. The van der Waals surface area contributed by atoms with Gasteiger partial charge in [0, 0.05) is 5.02 Å². The Balaban J connectivity index is 1.37. The number of hydrazine groups is 1. The van der Waals surface area contributed by atoms with Gasteiger partial charge in [-0.05, 0) is 48.9 Å². The van der Waals surface area contributed by atoms with E-state index in [1.165, 1.54) is 0 Å². The van der Waals surface area contributed by atoms with Crippen LogP contribution in [-0.2, 0) is 14.4 Å². The summed E-state index contributed by atoms with van der Waals surface area (Å²) >= 11 is 5.94. The zero-order valence-corrected chi connectivity index (χ0v) is 14.3. The summed E-state index contributed by atoms with van der Waals surface area (Å²) in [4.78, 5) is 37.1. The van der Waals surface area contributed by atoms with Crippen LogP contribution in [0.5, 0.6) is 5.75 Å². The van der Waals surface area contributed by atoms with Crippen LogP contribution in [0.1, 0.15) is 12.0 Å². The Hall–Kier alpha value is -2.34. The average Bonchev–Trinajstić information content (AvgIpc) is 3.26. The molecule has 3 aliphatic rings. The lowest BCUT2D eigenvalue weighted by molar-refractivity contribution is -0.150. The highest BCUT2D eigenvalue weighted by molar-refractivity contribution is 6.31. The summed E-state index contributed by atoms with van der Waals surface area (Å²) in [5.41, 5.74) is 3.22. The van der Waals surface area contributed by atoms with Gasteiger partial charge in [0.25, 0.3) is 17.7 Å². The molecule has 1 saturated carbocycles. The Bertz CT molecular complexity index is 776. The maximum Gasteiger partial charge on any atom is 0.276 e. The largest absolute Gasteiger partial charge is 0.484 e. The molecule has 1 aromatic rings. The molecule has 4 unspecified atom stereocenters. The van der Waals surface area contributed by atoms with Crippen LogP contribution < -0.4 is 10.2 Å². The van der Waals surface area contributed by atoms with Gasteiger partial charge < -0.3 is 4.74 Å². The first-order chi connectivity index (χ1) is 12.0. The first-order valence-corrected chi connectivity index (χ1v) is 8.58. The lowest BCUT2D eigenvalue weighted by Gasteiger charge is -2.18. The maximum atomic E-state index is 12.5. The number of amides is 3. The second-order valence-electron chi connectivity index (χ2n) is 6.75. The third-order valence-electron chi connectivity index (χ3n) is 5.21. The molecule has 0 spiro atoms. The van der Waals surface area contributed by atoms with E-state index in [9.17, 15) is 14.4 Å². The van der Waals surface area contributed by atoms with Crippen LogP contribution in [0, 0.1) is 30.6 Å². The van der Waals surface area contributed by atoms with Crippen molar-refractivity contribution in [2.45, 2.75) is 13.3 Å². The van der Waals surface area contributed by atoms with E-state index in [1.54, 1.807) is 18.2 Å². The fourth-order valence-electron chi connectivity index (χ4n) is 4.03. The van der Waals surface area contributed by atoms with Gasteiger partial charge in [0.2, 0.25) is 0 Å². The number of allylic oxidation sites excluding steroid dienone is 2. The molecule has 6 nitrogen and oxygen atoms in total. The summed E-state index contributed by atoms with van der Waals surface area (Å²) in [6, 6.07) is 5.06. The Morgan fingerprint density at radius 3 is 2.48 bits per heavy atom. The number of hydrogen-bond acceptors (Lipinski definition) is 4. The number of ether oxygens (including phenoxy) is 1. The number of carbonyl (C=O) groups excluding carboxylic acids is 3. The number of benzene rings is 1. The third kappa shape index (κ3) is 2.61. The van der Waals surface area contributed by atoms with Crippen LogP contribution in [0.4, 0.5) is 0 Å². The SMILES string of the molecule is Cc1cc(OCC(=O)NN2C(=O)C3C4C=CC(C4)C3C2=O)ccc1Cl. The van der Waals surface area contributed by atoms with Crippen molar-refractivity contribution < 1.29 is 19.1 Å². The molecular formula is C18H17ClN2O4. The standard InChI is InChI=1S/C18H17ClN2O4/c1-9-6-12(4-5-13(9)19)25-8-14(22)20-21-17(23)15-10-2-3-11(7-10)16(15)18(21)24/h2-6,10-11,15-16H,7-8H2,1H3,(H,20,22). The molecule has 130 valence electrons. The van der Waals surface area contributed by atoms with Crippen molar-refractivity contribution in [2.75, 3.05) is 6.61 Å². The van der Waals surface area contributed by atoms with Gasteiger partial charge in [0.05, 0.1) is 11.8 Å². The zero-order chi connectivity index (χ0) is 17.7. The molecule has 4 rings (SSSR count). The van der Waals surface area contributed by atoms with Crippen molar-refractivity contribution in [2.24, 2.45) is 23.7 Å². The molecule has 25 heavy (non-hydrogen) atoms. The van der Waals surface area contributed by atoms with E-state index in [4.69, 9.17) is 16.3 Å². The lowest BCUT2D eigenvalue weighted by Crippen LogP contribution is -2.48. The highest BCUT2D eigenvalue weighted by Crippen LogP contribution is 2.52. The molecule has 2 aliphatic carbocycles. The minimum absolute atomic E-state index is 0.113. The quantitative estimate of drug-likeness (QED) is 0.657. The van der Waals surface area contributed by atoms with Gasteiger partial charge in [-0.15, -0.1) is 0 Å². The number of halogens is 1. The molecule has 1 aromatic carbocycles. The van der Waals surface area contributed by atoms with Crippen LogP contribution >= 0.6 is 11.6 Å². The maximum absolute atomic E-state index is 12.5. The Kier molecular flexibility index (Phi) is 3.80. The fraction of sp³-hybridized carbons (Fsp3) is 0.389. The molecule has 2 bridgehead atoms. The van der Waals surface area contributed by atoms with Crippen LogP contribution in [-0.4, -0.2) is 29.3 Å². The molecular weight excluding hydrogens is 344 g/mol. The van der Waals surface area contributed by atoms with E-state index >= 15 is 0 Å². The van der Waals surface area contributed by atoms with Crippen molar-refractivity contribution >= 4 is 29.3 Å². The average molecular weight is 361 g/mol. The smallest absolute Gasteiger partial charge is 0.276 e. The van der Waals surface area contributed by atoms with Crippen LogP contribution in [0.3, 0.4) is 0 Å². The van der Waals surface area contributed by atoms with Crippen molar-refractivity contribution in [1.82, 2.24) is 10.4 Å². The minimum Gasteiger partial charge on any atom is -0.484 e. The van der Waals surface area contributed by atoms with Crippen LogP contribution in [0.15, 0.2) is 30.4 Å². The summed E-state index contributed by atoms with van der Waals surface area (Å²) in [5, 5.41) is 1.49. The van der Waals surface area contributed by atoms with E-state index in [1.807, 2.05) is 19.1 Å². The topological polar surface area (TPSA) is 75.7 Å². The summed E-state index contributed by atoms with van der Waals surface area (Å²) in [6.45, 7) is 1.54. The van der Waals surface area contributed by atoms with Gasteiger partial charge in [0.1, 0.15) is 5.75 Å². The molecule has 4 atom stereocenters. The summed E-state index contributed by atoms with van der Waals surface area (Å²) in [5.74, 6) is -1.12. The normalized spacial score (nSPS) is 29.3. The Morgan fingerprint density at radius 2 is 1.88 bits per heavy atom. The molecule has 3 amide bonds. The van der Waals surface area contributed by atoms with E-state index in [2.05, 4.69) is 5.43 Å². The first kappa shape index (κ1) is 16.1. The number of fused-ring (bicyclic) bond motifs is 5. The highest BCUT2D eigenvalue weighted by Gasteiger charge is 2.59. The van der Waals surface area contributed by atoms with E-state index in [0.29, 0.717) is 10.8 Å². The van der Waals surface area contributed by atoms with Crippen molar-refractivity contribution in [3.63, 3.8) is 0 Å². The second-order valence-corrected chi connectivity index (χ2v) is 7.15. The molecule has 0 aromatic heterocycles. The van der Waals surface area contributed by atoms with Crippen molar-refractivity contribution in [3.8, 4) is 5.75 Å². The summed E-state index contributed by atoms with van der Waals surface area (Å²) < 4.78 is 5.40. The van der Waals surface area contributed by atoms with Gasteiger partial charge in [0.15, 0.2) is 6.61 Å². The number of carbonyl (C=O) groups is 3. The summed E-state index contributed by atoms with van der Waals surface area (Å²) in [7, 11) is 0. The van der Waals surface area contributed by atoms with E-state index in [0.717, 1.165) is 17.0 Å². The Labute approximate surface area is 149 Å². The number of nitrogens with one attached hydrogen (secondary N) is 1. The number of imide groups is 1. The molecule has 7 heteroatoms. The summed E-state index contributed by atoms with van der Waals surface area (Å²) in [6.07, 6.45) is 4.87. The van der Waals surface area contributed by atoms with Gasteiger partial charge in [-0.1, -0.05) is 23.8 Å². The molecule has 0 radical (unpaired) electrons. The predicted octanol–water partition coefficient (Wildman–Crippen LogP) is 1.87. The molecule has 1 aliphatic heterocycles. The van der Waals surface area contributed by atoms with E-state index in [-0.39, 0.29) is 42.1 Å². The van der Waals surface area contributed by atoms with E-state index < -0.39 is 5.91 Å². The second kappa shape index (κ2) is 5.88. The zero-order valence-electron chi connectivity index (χ0n) is 13.6. The number of rotatable bonds is 4. The number of nitrogens with zero attached hydrogens (tertiary/aromatic N) is 1.